The van der Waals surface area contributed by atoms with Crippen LogP contribution in [0.5, 0.6) is 0 Å². The van der Waals surface area contributed by atoms with E-state index in [2.05, 4.69) is 4.99 Å². The van der Waals surface area contributed by atoms with Crippen LogP contribution < -0.4 is 0 Å². The first-order chi connectivity index (χ1) is 22.8. The van der Waals surface area contributed by atoms with Crippen molar-refractivity contribution >= 4 is 53.7 Å². The standard InChI is InChI=1S/C29H38N2O18/c1-11(32)31-25-22(23(45-16(6)37)26(47-18(8)39)29(25,40)10-42-13(3)34)49-28(31)30-27-24(46-17(7)38)21(44-15(5)36)20(43-14(4)35)19(48-27)9-41-12(2)33/h19-27,40H,9-10H2,1-8H3/b30-28-/t19-,20-,21+,22+,23+,24-,25+,26+,27+,29+/m1/s1. The molecule has 0 unspecified atom stereocenters. The third kappa shape index (κ3) is 8.99. The molecule has 0 aromatic heterocycles. The van der Waals surface area contributed by atoms with E-state index >= 15 is 0 Å². The van der Waals surface area contributed by atoms with Crippen LogP contribution in [-0.4, -0.2) is 138 Å². The summed E-state index contributed by atoms with van der Waals surface area (Å²) in [6.45, 7) is 6.79. The van der Waals surface area contributed by atoms with Gasteiger partial charge in [0.05, 0.1) is 0 Å². The van der Waals surface area contributed by atoms with Crippen LogP contribution in [0.1, 0.15) is 55.4 Å². The molecule has 0 aromatic rings. The minimum Gasteiger partial charge on any atom is -0.463 e. The van der Waals surface area contributed by atoms with E-state index in [-0.39, 0.29) is 0 Å². The third-order valence-electron chi connectivity index (χ3n) is 7.31. The molecule has 3 aliphatic rings. The van der Waals surface area contributed by atoms with Crippen LogP contribution in [0.4, 0.5) is 0 Å². The summed E-state index contributed by atoms with van der Waals surface area (Å²) >= 11 is 0. The van der Waals surface area contributed by atoms with E-state index in [4.69, 9.17) is 42.6 Å². The van der Waals surface area contributed by atoms with Crippen LogP contribution >= 0.6 is 0 Å². The van der Waals surface area contributed by atoms with E-state index in [0.29, 0.717) is 0 Å². The highest BCUT2D eigenvalue weighted by Crippen LogP contribution is 2.45. The molecule has 2 saturated heterocycles. The average Bonchev–Trinajstić information content (AvgIpc) is 3.42. The molecule has 1 aliphatic carbocycles. The Morgan fingerprint density at radius 2 is 1.16 bits per heavy atom. The Morgan fingerprint density at radius 1 is 0.673 bits per heavy atom. The SMILES string of the molecule is CC(=O)OC[C@H]1O[C@H](/N=C2\O[C@H]3[C@H](OC(C)=O)[C@H](OC(C)=O)[C@](O)(COC(C)=O)[C@H]3N2C(C)=O)[C@H](OC(C)=O)[C@@H](OC(C)=O)[C@@H]1OC(C)=O. The van der Waals surface area contributed by atoms with E-state index in [9.17, 15) is 43.5 Å². The smallest absolute Gasteiger partial charge is 0.303 e. The maximum atomic E-state index is 13.2. The fourth-order valence-electron chi connectivity index (χ4n) is 5.78. The molecular weight excluding hydrogens is 664 g/mol. The van der Waals surface area contributed by atoms with Crippen molar-refractivity contribution in [3.05, 3.63) is 0 Å². The zero-order valence-corrected chi connectivity index (χ0v) is 27.9. The van der Waals surface area contributed by atoms with E-state index in [1.165, 1.54) is 0 Å². The average molecular weight is 703 g/mol. The number of hydrogen-bond acceptors (Lipinski definition) is 19. The number of aliphatic imine (C=N–C) groups is 1. The number of carbonyl (C=O) groups is 8. The summed E-state index contributed by atoms with van der Waals surface area (Å²) in [5.74, 6) is -7.01. The molecule has 3 fully saturated rings. The van der Waals surface area contributed by atoms with Gasteiger partial charge in [0.2, 0.25) is 5.91 Å². The normalized spacial score (nSPS) is 32.6. The second kappa shape index (κ2) is 15.6. The molecule has 20 heteroatoms. The van der Waals surface area contributed by atoms with Crippen LogP contribution in [0.3, 0.4) is 0 Å². The highest BCUT2D eigenvalue weighted by Gasteiger charge is 2.71. The van der Waals surface area contributed by atoms with Gasteiger partial charge >= 0.3 is 41.8 Å². The molecule has 272 valence electrons. The lowest BCUT2D eigenvalue weighted by molar-refractivity contribution is -0.251. The molecule has 1 amide bonds. The highest BCUT2D eigenvalue weighted by molar-refractivity contribution is 5.96. The topological polar surface area (TPSA) is 255 Å². The van der Waals surface area contributed by atoms with Gasteiger partial charge < -0.3 is 47.7 Å². The van der Waals surface area contributed by atoms with Gasteiger partial charge in [0, 0.05) is 55.4 Å². The molecular formula is C29H38N2O18. The number of amidine groups is 1. The molecule has 0 aromatic carbocycles. The summed E-state index contributed by atoms with van der Waals surface area (Å²) in [4.78, 5) is 103. The first kappa shape index (κ1) is 38.6. The van der Waals surface area contributed by atoms with Gasteiger partial charge in [-0.05, 0) is 0 Å². The highest BCUT2D eigenvalue weighted by atomic mass is 16.7. The first-order valence-electron chi connectivity index (χ1n) is 14.8. The van der Waals surface area contributed by atoms with Gasteiger partial charge in [-0.3, -0.25) is 43.3 Å². The number of carbonyl (C=O) groups excluding carboxylic acids is 8. The Morgan fingerprint density at radius 3 is 1.65 bits per heavy atom. The molecule has 2 aliphatic heterocycles. The first-order valence-corrected chi connectivity index (χ1v) is 14.8. The van der Waals surface area contributed by atoms with Crippen molar-refractivity contribution in [3.8, 4) is 0 Å². The van der Waals surface area contributed by atoms with E-state index in [1.807, 2.05) is 0 Å². The minimum absolute atomic E-state index is 0.581. The zero-order chi connectivity index (χ0) is 37.0. The number of fused-ring (bicyclic) bond motifs is 1. The second-order valence-electron chi connectivity index (χ2n) is 11.3. The second-order valence-corrected chi connectivity index (χ2v) is 11.3. The summed E-state index contributed by atoms with van der Waals surface area (Å²) in [6, 6.07) is -2.22. The quantitative estimate of drug-likeness (QED) is 0.195. The minimum atomic E-state index is -2.47. The largest absolute Gasteiger partial charge is 0.463 e. The fraction of sp³-hybridized carbons (Fsp3) is 0.690. The monoisotopic (exact) mass is 702 g/mol. The summed E-state index contributed by atoms with van der Waals surface area (Å²) in [5.41, 5.74) is -2.47. The number of esters is 7. The van der Waals surface area contributed by atoms with Crippen molar-refractivity contribution in [2.45, 2.75) is 116 Å². The van der Waals surface area contributed by atoms with Gasteiger partial charge in [-0.2, -0.15) is 4.99 Å². The molecule has 20 nitrogen and oxygen atoms in total. The predicted octanol–water partition coefficient (Wildman–Crippen LogP) is -1.79. The van der Waals surface area contributed by atoms with Crippen molar-refractivity contribution in [1.29, 1.82) is 0 Å². The molecule has 1 saturated carbocycles. The Labute approximate surface area is 279 Å². The molecule has 3 rings (SSSR count). The van der Waals surface area contributed by atoms with E-state index in [1.54, 1.807) is 0 Å². The molecule has 0 spiro atoms. The Balaban J connectivity index is 2.22. The summed E-state index contributed by atoms with van der Waals surface area (Å²) in [7, 11) is 0. The number of hydrogen-bond donors (Lipinski definition) is 1. The predicted molar refractivity (Wildman–Crippen MR) is 153 cm³/mol. The Kier molecular flexibility index (Phi) is 12.3. The van der Waals surface area contributed by atoms with Crippen LogP contribution in [0, 0.1) is 0 Å². The van der Waals surface area contributed by atoms with Crippen LogP contribution in [0.15, 0.2) is 4.99 Å². The molecule has 49 heavy (non-hydrogen) atoms. The summed E-state index contributed by atoms with van der Waals surface area (Å²) in [6.07, 6.45) is -12.8. The van der Waals surface area contributed by atoms with Gasteiger partial charge in [-0.1, -0.05) is 0 Å². The van der Waals surface area contributed by atoms with Crippen molar-refractivity contribution < 1.29 is 86.1 Å². The maximum Gasteiger partial charge on any atom is 0.303 e. The van der Waals surface area contributed by atoms with E-state index in [0.717, 1.165) is 60.3 Å². The molecule has 10 atom stereocenters. The molecule has 0 radical (unpaired) electrons. The van der Waals surface area contributed by atoms with Crippen LogP contribution in [-0.2, 0) is 81.0 Å². The zero-order valence-electron chi connectivity index (χ0n) is 27.9. The van der Waals surface area contributed by atoms with Gasteiger partial charge in [0.15, 0.2) is 48.5 Å². The summed E-state index contributed by atoms with van der Waals surface area (Å²) in [5, 5.41) is 12.0. The van der Waals surface area contributed by atoms with Crippen LogP contribution in [0.25, 0.3) is 0 Å². The van der Waals surface area contributed by atoms with E-state index < -0.39 is 128 Å². The number of rotatable bonds is 10. The molecule has 1 N–H and O–H groups in total. The lowest BCUT2D eigenvalue weighted by atomic mass is 9.94. The van der Waals surface area contributed by atoms with Gasteiger partial charge in [-0.15, -0.1) is 0 Å². The van der Waals surface area contributed by atoms with Crippen molar-refractivity contribution in [1.82, 2.24) is 4.90 Å². The number of amides is 1. The van der Waals surface area contributed by atoms with Crippen molar-refractivity contribution in [3.63, 3.8) is 0 Å². The Bertz CT molecular complexity index is 1400. The summed E-state index contributed by atoms with van der Waals surface area (Å²) < 4.78 is 48.9. The van der Waals surface area contributed by atoms with Gasteiger partial charge in [0.25, 0.3) is 6.02 Å². The molecule has 2 heterocycles. The lowest BCUT2D eigenvalue weighted by Crippen LogP contribution is -2.62. The fourth-order valence-corrected chi connectivity index (χ4v) is 5.78. The Hall–Kier alpha value is -4.85. The molecule has 0 bridgehead atoms. The van der Waals surface area contributed by atoms with Crippen molar-refractivity contribution in [2.75, 3.05) is 13.2 Å². The number of ether oxygens (including phenoxy) is 9. The third-order valence-corrected chi connectivity index (χ3v) is 7.31. The van der Waals surface area contributed by atoms with Crippen molar-refractivity contribution in [2.24, 2.45) is 4.99 Å². The number of nitrogens with zero attached hydrogens (tertiary/aromatic N) is 2. The van der Waals surface area contributed by atoms with Gasteiger partial charge in [0.1, 0.15) is 25.4 Å². The number of aliphatic hydroxyl groups is 1. The lowest BCUT2D eigenvalue weighted by Gasteiger charge is -2.43. The van der Waals surface area contributed by atoms with Crippen LogP contribution in [0.2, 0.25) is 0 Å². The maximum absolute atomic E-state index is 13.2. The van der Waals surface area contributed by atoms with Gasteiger partial charge in [-0.25, -0.2) is 0 Å².